The zero-order chi connectivity index (χ0) is 8.72. The summed E-state index contributed by atoms with van der Waals surface area (Å²) < 4.78 is 0. The maximum atomic E-state index is 5.85. The molecule has 0 saturated heterocycles. The Morgan fingerprint density at radius 1 is 1.58 bits per heavy atom. The molecule has 0 aromatic carbocycles. The van der Waals surface area contributed by atoms with Gasteiger partial charge < -0.3 is 5.73 Å². The third-order valence-corrected chi connectivity index (χ3v) is 3.82. The molecule has 1 aliphatic carbocycles. The number of anilines is 1. The second kappa shape index (κ2) is 2.77. The molecule has 2 atom stereocenters. The molecule has 1 nitrogen and oxygen atoms in total. The average molecular weight is 181 g/mol. The highest BCUT2D eigenvalue weighted by Crippen LogP contribution is 2.54. The first-order chi connectivity index (χ1) is 5.70. The second-order valence-electron chi connectivity index (χ2n) is 3.99. The molecule has 2 rings (SSSR count). The SMILES string of the molecule is CC(C)C1CC1c1sccc1N. The molecule has 2 N–H and O–H groups in total. The third-order valence-electron chi connectivity index (χ3n) is 2.76. The van der Waals surface area contributed by atoms with Crippen molar-refractivity contribution in [2.45, 2.75) is 26.2 Å². The summed E-state index contributed by atoms with van der Waals surface area (Å²) in [4.78, 5) is 1.42. The van der Waals surface area contributed by atoms with E-state index in [1.807, 2.05) is 17.4 Å². The Morgan fingerprint density at radius 3 is 2.75 bits per heavy atom. The van der Waals surface area contributed by atoms with Crippen LogP contribution in [0.3, 0.4) is 0 Å². The molecule has 0 bridgehead atoms. The van der Waals surface area contributed by atoms with Crippen molar-refractivity contribution in [2.24, 2.45) is 11.8 Å². The Labute approximate surface area is 77.6 Å². The summed E-state index contributed by atoms with van der Waals surface area (Å²) in [6.07, 6.45) is 1.35. The number of rotatable bonds is 2. The minimum absolute atomic E-state index is 0.782. The van der Waals surface area contributed by atoms with Crippen LogP contribution >= 0.6 is 11.3 Å². The molecule has 1 aliphatic rings. The van der Waals surface area contributed by atoms with Crippen LogP contribution in [0, 0.1) is 11.8 Å². The van der Waals surface area contributed by atoms with Gasteiger partial charge in [0.25, 0.3) is 0 Å². The van der Waals surface area contributed by atoms with Crippen LogP contribution in [0.2, 0.25) is 0 Å². The number of nitrogen functional groups attached to an aromatic ring is 1. The third kappa shape index (κ3) is 1.24. The van der Waals surface area contributed by atoms with Gasteiger partial charge in [-0.15, -0.1) is 11.3 Å². The Hall–Kier alpha value is -0.500. The number of hydrogen-bond donors (Lipinski definition) is 1. The van der Waals surface area contributed by atoms with Crippen molar-refractivity contribution >= 4 is 17.0 Å². The van der Waals surface area contributed by atoms with Crippen molar-refractivity contribution in [1.29, 1.82) is 0 Å². The highest BCUT2D eigenvalue weighted by molar-refractivity contribution is 7.10. The molecule has 0 amide bonds. The van der Waals surface area contributed by atoms with E-state index in [2.05, 4.69) is 19.2 Å². The van der Waals surface area contributed by atoms with E-state index in [0.717, 1.165) is 23.4 Å². The molecule has 1 aromatic rings. The number of hydrogen-bond acceptors (Lipinski definition) is 2. The fraction of sp³-hybridized carbons (Fsp3) is 0.600. The van der Waals surface area contributed by atoms with E-state index in [1.165, 1.54) is 11.3 Å². The smallest absolute Gasteiger partial charge is 0.0458 e. The maximum absolute atomic E-state index is 5.85. The van der Waals surface area contributed by atoms with Gasteiger partial charge in [-0.05, 0) is 35.6 Å². The van der Waals surface area contributed by atoms with E-state index >= 15 is 0 Å². The minimum Gasteiger partial charge on any atom is -0.398 e. The molecule has 1 saturated carbocycles. The van der Waals surface area contributed by atoms with Gasteiger partial charge in [0.05, 0.1) is 0 Å². The van der Waals surface area contributed by atoms with E-state index < -0.39 is 0 Å². The van der Waals surface area contributed by atoms with Crippen LogP contribution in [0.15, 0.2) is 11.4 Å². The predicted octanol–water partition coefficient (Wildman–Crippen LogP) is 3.09. The lowest BCUT2D eigenvalue weighted by Gasteiger charge is -2.01. The van der Waals surface area contributed by atoms with Crippen LogP contribution in [-0.4, -0.2) is 0 Å². The van der Waals surface area contributed by atoms with Gasteiger partial charge >= 0.3 is 0 Å². The van der Waals surface area contributed by atoms with Gasteiger partial charge in [-0.1, -0.05) is 13.8 Å². The lowest BCUT2D eigenvalue weighted by molar-refractivity contribution is 0.550. The minimum atomic E-state index is 0.782. The molecule has 0 aliphatic heterocycles. The first kappa shape index (κ1) is 8.11. The molecule has 12 heavy (non-hydrogen) atoms. The van der Waals surface area contributed by atoms with Gasteiger partial charge in [0.15, 0.2) is 0 Å². The van der Waals surface area contributed by atoms with Crippen LogP contribution < -0.4 is 5.73 Å². The Kier molecular flexibility index (Phi) is 1.87. The lowest BCUT2D eigenvalue weighted by Crippen LogP contribution is -1.93. The topological polar surface area (TPSA) is 26.0 Å². The van der Waals surface area contributed by atoms with E-state index in [4.69, 9.17) is 5.73 Å². The second-order valence-corrected chi connectivity index (χ2v) is 4.94. The Morgan fingerprint density at radius 2 is 2.33 bits per heavy atom. The van der Waals surface area contributed by atoms with E-state index in [0.29, 0.717) is 0 Å². The van der Waals surface area contributed by atoms with Crippen molar-refractivity contribution in [1.82, 2.24) is 0 Å². The molecule has 1 fully saturated rings. The molecule has 66 valence electrons. The average Bonchev–Trinajstić information content (AvgIpc) is 2.70. The first-order valence-electron chi connectivity index (χ1n) is 4.53. The van der Waals surface area contributed by atoms with Gasteiger partial charge in [-0.2, -0.15) is 0 Å². The van der Waals surface area contributed by atoms with E-state index in [9.17, 15) is 0 Å². The molecule has 2 unspecified atom stereocenters. The summed E-state index contributed by atoms with van der Waals surface area (Å²) in [5, 5.41) is 2.10. The highest BCUT2D eigenvalue weighted by Gasteiger charge is 2.41. The summed E-state index contributed by atoms with van der Waals surface area (Å²) in [7, 11) is 0. The Balaban J connectivity index is 2.10. The number of thiophene rings is 1. The normalized spacial score (nSPS) is 27.9. The zero-order valence-electron chi connectivity index (χ0n) is 7.58. The van der Waals surface area contributed by atoms with Gasteiger partial charge in [-0.3, -0.25) is 0 Å². The van der Waals surface area contributed by atoms with E-state index in [-0.39, 0.29) is 0 Å². The molecule has 0 radical (unpaired) electrons. The van der Waals surface area contributed by atoms with Crippen LogP contribution in [0.1, 0.15) is 31.1 Å². The van der Waals surface area contributed by atoms with Crippen molar-refractivity contribution < 1.29 is 0 Å². The fourth-order valence-corrected chi connectivity index (χ4v) is 2.90. The van der Waals surface area contributed by atoms with Crippen molar-refractivity contribution in [3.8, 4) is 0 Å². The van der Waals surface area contributed by atoms with Crippen molar-refractivity contribution in [3.63, 3.8) is 0 Å². The molecular weight excluding hydrogens is 166 g/mol. The van der Waals surface area contributed by atoms with Crippen LogP contribution in [0.25, 0.3) is 0 Å². The van der Waals surface area contributed by atoms with Crippen molar-refractivity contribution in [2.75, 3.05) is 5.73 Å². The summed E-state index contributed by atoms with van der Waals surface area (Å²) in [6, 6.07) is 2.02. The Bertz CT molecular complexity index is 277. The van der Waals surface area contributed by atoms with Gasteiger partial charge in [0, 0.05) is 10.6 Å². The molecule has 1 heterocycles. The van der Waals surface area contributed by atoms with Crippen molar-refractivity contribution in [3.05, 3.63) is 16.3 Å². The first-order valence-corrected chi connectivity index (χ1v) is 5.41. The van der Waals surface area contributed by atoms with Crippen LogP contribution in [-0.2, 0) is 0 Å². The highest BCUT2D eigenvalue weighted by atomic mass is 32.1. The largest absolute Gasteiger partial charge is 0.398 e. The molecule has 0 spiro atoms. The summed E-state index contributed by atoms with van der Waals surface area (Å²) in [6.45, 7) is 4.60. The summed E-state index contributed by atoms with van der Waals surface area (Å²) in [5.74, 6) is 2.49. The van der Waals surface area contributed by atoms with Gasteiger partial charge in [0.2, 0.25) is 0 Å². The molecular formula is C10H15NS. The predicted molar refractivity (Wildman–Crippen MR) is 54.4 cm³/mol. The molecule has 2 heteroatoms. The monoisotopic (exact) mass is 181 g/mol. The fourth-order valence-electron chi connectivity index (χ4n) is 1.89. The van der Waals surface area contributed by atoms with Crippen LogP contribution in [0.5, 0.6) is 0 Å². The standard InChI is InChI=1S/C10H15NS/c1-6(2)7-5-8(7)10-9(11)3-4-12-10/h3-4,6-8H,5,11H2,1-2H3. The van der Waals surface area contributed by atoms with Crippen LogP contribution in [0.4, 0.5) is 5.69 Å². The molecule has 1 aromatic heterocycles. The lowest BCUT2D eigenvalue weighted by atomic mass is 10.1. The number of nitrogens with two attached hydrogens (primary N) is 1. The van der Waals surface area contributed by atoms with Gasteiger partial charge in [0.1, 0.15) is 0 Å². The van der Waals surface area contributed by atoms with E-state index in [1.54, 1.807) is 0 Å². The van der Waals surface area contributed by atoms with Gasteiger partial charge in [-0.25, -0.2) is 0 Å². The summed E-state index contributed by atoms with van der Waals surface area (Å²) in [5.41, 5.74) is 6.86. The summed E-state index contributed by atoms with van der Waals surface area (Å²) >= 11 is 1.82. The quantitative estimate of drug-likeness (QED) is 0.745. The zero-order valence-corrected chi connectivity index (χ0v) is 8.40. The maximum Gasteiger partial charge on any atom is 0.0458 e.